The van der Waals surface area contributed by atoms with E-state index in [0.29, 0.717) is 22.5 Å². The molecule has 0 saturated carbocycles. The normalized spacial score (nSPS) is 10.1. The molecule has 2 amide bonds. The average Bonchev–Trinajstić information content (AvgIpc) is 2.76. The SMILES string of the molecule is CCOC(=O)Oc1ccc(C(=O)Nc2ccccc2NC(=O)c2ccccc2I)cc1. The molecule has 31 heavy (non-hydrogen) atoms. The van der Waals surface area contributed by atoms with Crippen molar-refractivity contribution in [3.8, 4) is 5.75 Å². The van der Waals surface area contributed by atoms with Gasteiger partial charge in [0, 0.05) is 9.13 Å². The number of hydrogen-bond acceptors (Lipinski definition) is 5. The molecule has 0 saturated heterocycles. The number of nitrogens with one attached hydrogen (secondary N) is 2. The summed E-state index contributed by atoms with van der Waals surface area (Å²) in [4.78, 5) is 36.7. The van der Waals surface area contributed by atoms with Crippen molar-refractivity contribution in [1.82, 2.24) is 0 Å². The van der Waals surface area contributed by atoms with Gasteiger partial charge in [0.05, 0.1) is 23.5 Å². The van der Waals surface area contributed by atoms with Crippen LogP contribution in [0.5, 0.6) is 5.75 Å². The minimum absolute atomic E-state index is 0.207. The van der Waals surface area contributed by atoms with Crippen LogP contribution in [0, 0.1) is 3.57 Å². The fourth-order valence-corrected chi connectivity index (χ4v) is 3.28. The molecule has 158 valence electrons. The van der Waals surface area contributed by atoms with Crippen molar-refractivity contribution in [3.63, 3.8) is 0 Å². The molecule has 2 N–H and O–H groups in total. The smallest absolute Gasteiger partial charge is 0.434 e. The van der Waals surface area contributed by atoms with Crippen LogP contribution in [0.2, 0.25) is 0 Å². The Morgan fingerprint density at radius 1 is 0.806 bits per heavy atom. The average molecular weight is 530 g/mol. The van der Waals surface area contributed by atoms with Gasteiger partial charge in [0.1, 0.15) is 5.75 Å². The van der Waals surface area contributed by atoms with Gasteiger partial charge in [0.25, 0.3) is 11.8 Å². The molecule has 0 heterocycles. The summed E-state index contributed by atoms with van der Waals surface area (Å²) in [5, 5.41) is 5.63. The topological polar surface area (TPSA) is 93.7 Å². The van der Waals surface area contributed by atoms with Crippen LogP contribution in [0.1, 0.15) is 27.6 Å². The van der Waals surface area contributed by atoms with E-state index in [1.165, 1.54) is 24.3 Å². The lowest BCUT2D eigenvalue weighted by Gasteiger charge is -2.13. The molecule has 0 radical (unpaired) electrons. The number of hydrogen-bond donors (Lipinski definition) is 2. The Bertz CT molecular complexity index is 1100. The number of amides is 2. The first-order valence-corrected chi connectivity index (χ1v) is 10.5. The summed E-state index contributed by atoms with van der Waals surface area (Å²) >= 11 is 2.10. The summed E-state index contributed by atoms with van der Waals surface area (Å²) in [7, 11) is 0. The number of halogens is 1. The molecule has 0 aliphatic rings. The molecule has 0 aromatic heterocycles. The first-order chi connectivity index (χ1) is 15.0. The maximum atomic E-state index is 12.7. The van der Waals surface area contributed by atoms with Crippen LogP contribution in [-0.4, -0.2) is 24.6 Å². The Morgan fingerprint density at radius 3 is 2.00 bits per heavy atom. The largest absolute Gasteiger partial charge is 0.513 e. The minimum Gasteiger partial charge on any atom is -0.434 e. The zero-order valence-corrected chi connectivity index (χ0v) is 18.7. The van der Waals surface area contributed by atoms with E-state index in [9.17, 15) is 14.4 Å². The van der Waals surface area contributed by atoms with E-state index in [1.54, 1.807) is 43.3 Å². The number of carbonyl (C=O) groups excluding carboxylic acids is 3. The first kappa shape index (κ1) is 22.3. The van der Waals surface area contributed by atoms with Crippen LogP contribution < -0.4 is 15.4 Å². The van der Waals surface area contributed by atoms with Crippen LogP contribution in [0.15, 0.2) is 72.8 Å². The Kier molecular flexibility index (Phi) is 7.60. The third-order valence-corrected chi connectivity index (χ3v) is 5.06. The van der Waals surface area contributed by atoms with Crippen molar-refractivity contribution < 1.29 is 23.9 Å². The third-order valence-electron chi connectivity index (χ3n) is 4.12. The van der Waals surface area contributed by atoms with Gasteiger partial charge in [-0.25, -0.2) is 4.79 Å². The van der Waals surface area contributed by atoms with Gasteiger partial charge in [0.2, 0.25) is 0 Å². The van der Waals surface area contributed by atoms with E-state index in [2.05, 4.69) is 33.2 Å². The highest BCUT2D eigenvalue weighted by atomic mass is 127. The molecule has 0 aliphatic heterocycles. The lowest BCUT2D eigenvalue weighted by atomic mass is 10.1. The van der Waals surface area contributed by atoms with E-state index in [-0.39, 0.29) is 24.2 Å². The summed E-state index contributed by atoms with van der Waals surface area (Å²) in [6.07, 6.45) is -0.808. The van der Waals surface area contributed by atoms with Gasteiger partial charge in [-0.1, -0.05) is 24.3 Å². The lowest BCUT2D eigenvalue weighted by molar-refractivity contribution is 0.101. The van der Waals surface area contributed by atoms with Crippen molar-refractivity contribution in [2.75, 3.05) is 17.2 Å². The highest BCUT2D eigenvalue weighted by Crippen LogP contribution is 2.24. The maximum absolute atomic E-state index is 12.7. The number of anilines is 2. The number of rotatable bonds is 6. The fraction of sp³-hybridized carbons (Fsp3) is 0.0870. The molecule has 0 unspecified atom stereocenters. The van der Waals surface area contributed by atoms with Crippen LogP contribution in [-0.2, 0) is 4.74 Å². The molecule has 0 atom stereocenters. The summed E-state index contributed by atoms with van der Waals surface area (Å²) < 4.78 is 10.5. The summed E-state index contributed by atoms with van der Waals surface area (Å²) in [6, 6.07) is 20.2. The molecule has 7 nitrogen and oxygen atoms in total. The predicted octanol–water partition coefficient (Wildman–Crippen LogP) is 5.33. The molecular weight excluding hydrogens is 511 g/mol. The molecule has 0 fully saturated rings. The van der Waals surface area contributed by atoms with Crippen LogP contribution in [0.4, 0.5) is 16.2 Å². The Hall–Kier alpha value is -3.40. The Labute approximate surface area is 192 Å². The molecular formula is C23H19IN2O5. The van der Waals surface area contributed by atoms with Crippen molar-refractivity contribution in [2.24, 2.45) is 0 Å². The van der Waals surface area contributed by atoms with Crippen LogP contribution in [0.25, 0.3) is 0 Å². The van der Waals surface area contributed by atoms with Gasteiger partial charge in [-0.3, -0.25) is 9.59 Å². The molecule has 3 aromatic carbocycles. The van der Waals surface area contributed by atoms with Gasteiger partial charge in [-0.15, -0.1) is 0 Å². The summed E-state index contributed by atoms with van der Waals surface area (Å²) in [5.74, 6) is -0.383. The van der Waals surface area contributed by atoms with E-state index in [4.69, 9.17) is 9.47 Å². The Balaban J connectivity index is 1.70. The van der Waals surface area contributed by atoms with Crippen LogP contribution >= 0.6 is 22.6 Å². The van der Waals surface area contributed by atoms with E-state index in [1.807, 2.05) is 12.1 Å². The minimum atomic E-state index is -0.808. The van der Waals surface area contributed by atoms with Gasteiger partial charge in [0.15, 0.2) is 0 Å². The number of carbonyl (C=O) groups is 3. The number of para-hydroxylation sites is 2. The van der Waals surface area contributed by atoms with Crippen molar-refractivity contribution in [1.29, 1.82) is 0 Å². The molecule has 3 rings (SSSR count). The lowest BCUT2D eigenvalue weighted by Crippen LogP contribution is -2.17. The number of benzene rings is 3. The standard InChI is InChI=1S/C23H19IN2O5/c1-2-30-23(29)31-16-13-11-15(12-14-16)21(27)25-19-9-5-6-10-20(19)26-22(28)17-7-3-4-8-18(17)24/h3-14H,2H2,1H3,(H,25,27)(H,26,28). The second-order valence-corrected chi connectivity index (χ2v) is 7.41. The maximum Gasteiger partial charge on any atom is 0.513 e. The van der Waals surface area contributed by atoms with Crippen molar-refractivity contribution in [2.45, 2.75) is 6.92 Å². The van der Waals surface area contributed by atoms with Gasteiger partial charge < -0.3 is 20.1 Å². The fourth-order valence-electron chi connectivity index (χ4n) is 2.65. The van der Waals surface area contributed by atoms with Gasteiger partial charge in [-0.2, -0.15) is 0 Å². The second-order valence-electron chi connectivity index (χ2n) is 6.24. The Morgan fingerprint density at radius 2 is 1.39 bits per heavy atom. The van der Waals surface area contributed by atoms with Crippen molar-refractivity contribution in [3.05, 3.63) is 87.5 Å². The van der Waals surface area contributed by atoms with Crippen LogP contribution in [0.3, 0.4) is 0 Å². The van der Waals surface area contributed by atoms with Crippen molar-refractivity contribution >= 4 is 51.9 Å². The number of ether oxygens (including phenoxy) is 2. The zero-order chi connectivity index (χ0) is 22.2. The molecule has 8 heteroatoms. The second kappa shape index (κ2) is 10.6. The molecule has 0 spiro atoms. The highest BCUT2D eigenvalue weighted by molar-refractivity contribution is 14.1. The summed E-state index contributed by atoms with van der Waals surface area (Å²) in [6.45, 7) is 1.88. The first-order valence-electron chi connectivity index (χ1n) is 9.39. The van der Waals surface area contributed by atoms with Gasteiger partial charge >= 0.3 is 6.16 Å². The molecule has 0 aliphatic carbocycles. The zero-order valence-electron chi connectivity index (χ0n) is 16.6. The monoisotopic (exact) mass is 530 g/mol. The van der Waals surface area contributed by atoms with E-state index < -0.39 is 6.16 Å². The highest BCUT2D eigenvalue weighted by Gasteiger charge is 2.14. The van der Waals surface area contributed by atoms with E-state index in [0.717, 1.165) is 3.57 Å². The molecule has 3 aromatic rings. The quantitative estimate of drug-likeness (QED) is 0.255. The predicted molar refractivity (Wildman–Crippen MR) is 126 cm³/mol. The molecule has 0 bridgehead atoms. The third kappa shape index (κ3) is 6.05. The summed E-state index contributed by atoms with van der Waals surface area (Å²) in [5.41, 5.74) is 1.83. The van der Waals surface area contributed by atoms with Gasteiger partial charge in [-0.05, 0) is 78.0 Å². The van der Waals surface area contributed by atoms with E-state index >= 15 is 0 Å².